The van der Waals surface area contributed by atoms with Gasteiger partial charge in [-0.1, -0.05) is 28.6 Å². The predicted octanol–water partition coefficient (Wildman–Crippen LogP) is 2.49. The summed E-state index contributed by atoms with van der Waals surface area (Å²) in [6.07, 6.45) is -1.09. The van der Waals surface area contributed by atoms with Crippen LogP contribution < -0.4 is 0 Å². The first kappa shape index (κ1) is 23.9. The van der Waals surface area contributed by atoms with Crippen LogP contribution in [0, 0.1) is 24.4 Å². The minimum absolute atomic E-state index is 0.0154. The first-order chi connectivity index (χ1) is 15.7. The fourth-order valence-electron chi connectivity index (χ4n) is 3.47. The van der Waals surface area contributed by atoms with Crippen LogP contribution in [0.2, 0.25) is 5.02 Å². The predicted molar refractivity (Wildman–Crippen MR) is 112 cm³/mol. The van der Waals surface area contributed by atoms with Crippen molar-refractivity contribution in [1.29, 1.82) is 0 Å². The number of benzene rings is 1. The Hall–Kier alpha value is -2.22. The van der Waals surface area contributed by atoms with Crippen LogP contribution in [0.1, 0.15) is 11.7 Å². The molecular weight excluding hydrogens is 485 g/mol. The third kappa shape index (κ3) is 4.72. The number of thioether (sulfide) groups is 1. The van der Waals surface area contributed by atoms with Gasteiger partial charge >= 0.3 is 0 Å². The number of aryl methyl sites for hydroxylation is 1. The number of ether oxygens (including phenoxy) is 1. The molecule has 0 saturated carbocycles. The Morgan fingerprint density at radius 3 is 2.52 bits per heavy atom. The molecule has 1 fully saturated rings. The molecule has 5 atom stereocenters. The largest absolute Gasteiger partial charge is 0.394 e. The third-order valence-corrected chi connectivity index (χ3v) is 6.69. The number of aromatic nitrogens is 4. The smallest absolute Gasteiger partial charge is 0.194 e. The lowest BCUT2D eigenvalue weighted by Gasteiger charge is -2.41. The van der Waals surface area contributed by atoms with E-state index in [4.69, 9.17) is 16.3 Å². The van der Waals surface area contributed by atoms with Crippen LogP contribution in [0.3, 0.4) is 0 Å². The fourth-order valence-corrected chi connectivity index (χ4v) is 4.86. The van der Waals surface area contributed by atoms with Gasteiger partial charge in [0.2, 0.25) is 0 Å². The summed E-state index contributed by atoms with van der Waals surface area (Å²) in [7, 11) is 0. The highest BCUT2D eigenvalue weighted by Gasteiger charge is 2.46. The maximum absolute atomic E-state index is 13.6. The monoisotopic (exact) mass is 502 g/mol. The highest BCUT2D eigenvalue weighted by atomic mass is 35.5. The summed E-state index contributed by atoms with van der Waals surface area (Å²) in [4.78, 5) is 4.77. The minimum atomic E-state index is -1.61. The minimum Gasteiger partial charge on any atom is -0.394 e. The number of halogens is 4. The van der Waals surface area contributed by atoms with Gasteiger partial charge in [-0.25, -0.2) is 17.9 Å². The van der Waals surface area contributed by atoms with Gasteiger partial charge in [0.15, 0.2) is 17.5 Å². The number of aliphatic hydroxyl groups excluding tert-OH is 3. The van der Waals surface area contributed by atoms with Crippen molar-refractivity contribution in [1.82, 2.24) is 20.0 Å². The summed E-state index contributed by atoms with van der Waals surface area (Å²) in [6, 6.07) is 2.03. The van der Waals surface area contributed by atoms with Crippen LogP contribution in [-0.2, 0) is 4.74 Å². The van der Waals surface area contributed by atoms with E-state index in [0.29, 0.717) is 15.6 Å². The Morgan fingerprint density at radius 1 is 1.15 bits per heavy atom. The second kappa shape index (κ2) is 9.57. The highest BCUT2D eigenvalue weighted by Crippen LogP contribution is 2.39. The standard InChI is InChI=1S/C20H18ClF3N4O4S/c1-8-15(4-10(21)5-25-8)33-20-19(31)17(18(30)14(7-29)32-20)28-6-13(26-27-28)9-2-11(22)16(24)12(23)3-9/h2-6,14,17-20,29-31H,7H2,1H3/t14?,17?,18-,19-,20+/m0/s1. The van der Waals surface area contributed by atoms with E-state index in [0.717, 1.165) is 28.6 Å². The average Bonchev–Trinajstić information content (AvgIpc) is 3.26. The van der Waals surface area contributed by atoms with Crippen LogP contribution in [0.4, 0.5) is 13.2 Å². The van der Waals surface area contributed by atoms with Gasteiger partial charge in [0.05, 0.1) is 23.5 Å². The molecule has 0 aliphatic carbocycles. The summed E-state index contributed by atoms with van der Waals surface area (Å²) < 4.78 is 47.3. The number of hydrogen-bond donors (Lipinski definition) is 3. The normalized spacial score (nSPS) is 25.4. The maximum atomic E-state index is 13.6. The topological polar surface area (TPSA) is 114 Å². The number of hydrogen-bond acceptors (Lipinski definition) is 8. The van der Waals surface area contributed by atoms with Gasteiger partial charge in [0, 0.05) is 16.7 Å². The lowest BCUT2D eigenvalue weighted by Crippen LogP contribution is -2.55. The Morgan fingerprint density at radius 2 is 1.85 bits per heavy atom. The summed E-state index contributed by atoms with van der Waals surface area (Å²) in [5, 5.41) is 39.5. The molecule has 2 aromatic heterocycles. The molecule has 1 aromatic carbocycles. The van der Waals surface area contributed by atoms with E-state index in [1.165, 1.54) is 12.4 Å². The summed E-state index contributed by atoms with van der Waals surface area (Å²) in [5.74, 6) is -4.40. The third-order valence-electron chi connectivity index (χ3n) is 5.19. The van der Waals surface area contributed by atoms with E-state index >= 15 is 0 Å². The van der Waals surface area contributed by atoms with Crippen molar-refractivity contribution < 1.29 is 33.2 Å². The molecule has 1 aliphatic rings. The molecule has 3 heterocycles. The van der Waals surface area contributed by atoms with Crippen LogP contribution in [0.5, 0.6) is 0 Å². The van der Waals surface area contributed by atoms with E-state index in [1.54, 1.807) is 13.0 Å². The molecular formula is C20H18ClF3N4O4S. The van der Waals surface area contributed by atoms with Gasteiger partial charge in [-0.3, -0.25) is 4.98 Å². The van der Waals surface area contributed by atoms with Crippen molar-refractivity contribution in [3.05, 3.63) is 58.8 Å². The zero-order valence-electron chi connectivity index (χ0n) is 16.9. The zero-order chi connectivity index (χ0) is 23.9. The van der Waals surface area contributed by atoms with Crippen molar-refractivity contribution in [2.45, 2.75) is 41.6 Å². The van der Waals surface area contributed by atoms with Crippen LogP contribution in [-0.4, -0.2) is 65.7 Å². The van der Waals surface area contributed by atoms with Crippen molar-refractivity contribution in [3.63, 3.8) is 0 Å². The van der Waals surface area contributed by atoms with E-state index in [-0.39, 0.29) is 11.3 Å². The first-order valence-corrected chi connectivity index (χ1v) is 10.9. The highest BCUT2D eigenvalue weighted by molar-refractivity contribution is 7.99. The number of rotatable bonds is 5. The van der Waals surface area contributed by atoms with E-state index in [9.17, 15) is 28.5 Å². The second-order valence-corrected chi connectivity index (χ2v) is 8.97. The molecule has 3 aromatic rings. The second-order valence-electron chi connectivity index (χ2n) is 7.39. The van der Waals surface area contributed by atoms with Crippen molar-refractivity contribution >= 4 is 23.4 Å². The molecule has 1 aliphatic heterocycles. The zero-order valence-corrected chi connectivity index (χ0v) is 18.5. The molecule has 176 valence electrons. The number of aliphatic hydroxyl groups is 3. The van der Waals surface area contributed by atoms with Gasteiger partial charge in [0.1, 0.15) is 35.5 Å². The Labute approximate surface area is 195 Å². The van der Waals surface area contributed by atoms with E-state index < -0.39 is 53.8 Å². The molecule has 8 nitrogen and oxygen atoms in total. The van der Waals surface area contributed by atoms with Crippen LogP contribution in [0.15, 0.2) is 35.5 Å². The van der Waals surface area contributed by atoms with Crippen molar-refractivity contribution in [3.8, 4) is 11.3 Å². The Balaban J connectivity index is 1.65. The summed E-state index contributed by atoms with van der Waals surface area (Å²) >= 11 is 7.11. The molecule has 13 heteroatoms. The molecule has 0 bridgehead atoms. The van der Waals surface area contributed by atoms with Crippen LogP contribution >= 0.6 is 23.4 Å². The number of pyridine rings is 1. The van der Waals surface area contributed by atoms with Gasteiger partial charge in [-0.2, -0.15) is 0 Å². The molecule has 2 unspecified atom stereocenters. The summed E-state index contributed by atoms with van der Waals surface area (Å²) in [6.45, 7) is 1.19. The van der Waals surface area contributed by atoms with E-state index in [2.05, 4.69) is 15.3 Å². The number of nitrogens with zero attached hydrogens (tertiary/aromatic N) is 4. The molecule has 1 saturated heterocycles. The quantitative estimate of drug-likeness (QED) is 0.456. The summed E-state index contributed by atoms with van der Waals surface area (Å²) in [5.41, 5.74) is -0.424. The lowest BCUT2D eigenvalue weighted by molar-refractivity contribution is -0.178. The van der Waals surface area contributed by atoms with Crippen LogP contribution in [0.25, 0.3) is 11.3 Å². The van der Waals surface area contributed by atoms with Gasteiger partial charge < -0.3 is 20.1 Å². The van der Waals surface area contributed by atoms with Gasteiger partial charge in [-0.05, 0) is 25.1 Å². The first-order valence-electron chi connectivity index (χ1n) is 9.67. The Kier molecular flexibility index (Phi) is 6.93. The average molecular weight is 503 g/mol. The molecule has 4 rings (SSSR count). The molecule has 0 radical (unpaired) electrons. The molecule has 0 amide bonds. The SMILES string of the molecule is Cc1ncc(Cl)cc1S[C@H]1OC(CO)[C@H](O)C(n2cc(-c3cc(F)c(F)c(F)c3)nn2)[C@@H]1O. The van der Waals surface area contributed by atoms with E-state index in [1.807, 2.05) is 0 Å². The molecule has 0 spiro atoms. The fraction of sp³-hybridized carbons (Fsp3) is 0.350. The Bertz CT molecular complexity index is 1150. The lowest BCUT2D eigenvalue weighted by atomic mass is 9.97. The van der Waals surface area contributed by atoms with Gasteiger partial charge in [0.25, 0.3) is 0 Å². The molecule has 3 N–H and O–H groups in total. The van der Waals surface area contributed by atoms with Crippen molar-refractivity contribution in [2.24, 2.45) is 0 Å². The van der Waals surface area contributed by atoms with Gasteiger partial charge in [-0.15, -0.1) is 5.10 Å². The maximum Gasteiger partial charge on any atom is 0.194 e. The molecule has 33 heavy (non-hydrogen) atoms. The van der Waals surface area contributed by atoms with Crippen molar-refractivity contribution in [2.75, 3.05) is 6.61 Å².